The predicted molar refractivity (Wildman–Crippen MR) is 123 cm³/mol. The minimum atomic E-state index is 0.282. The molecular weight excluding hydrogens is 388 g/mol. The summed E-state index contributed by atoms with van der Waals surface area (Å²) in [5.41, 5.74) is 4.67. The third-order valence-corrected chi connectivity index (χ3v) is 4.86. The summed E-state index contributed by atoms with van der Waals surface area (Å²) < 4.78 is 0. The standard InChI is InChI=1S/C14H14O2.C13H12O2/c15-13-7-3-11(4-8-13)1-2-12-5-9-14(16)10-6-12;14-12-5-1-10(2-6-12)9-11-3-7-13(15)8-4-11/h3-10,15-16H,1-2H2;1-8,14-15H,9H2. The van der Waals surface area contributed by atoms with E-state index in [1.165, 1.54) is 11.1 Å². The highest BCUT2D eigenvalue weighted by Gasteiger charge is 1.98. The van der Waals surface area contributed by atoms with E-state index in [-0.39, 0.29) is 11.5 Å². The van der Waals surface area contributed by atoms with E-state index in [4.69, 9.17) is 20.4 Å². The minimum absolute atomic E-state index is 0.282. The van der Waals surface area contributed by atoms with Gasteiger partial charge in [-0.15, -0.1) is 0 Å². The number of phenolic OH excluding ortho intramolecular Hbond substituents is 4. The number of rotatable bonds is 5. The van der Waals surface area contributed by atoms with Crippen molar-refractivity contribution in [2.75, 3.05) is 0 Å². The van der Waals surface area contributed by atoms with Gasteiger partial charge in [0.1, 0.15) is 23.0 Å². The monoisotopic (exact) mass is 414 g/mol. The lowest BCUT2D eigenvalue weighted by atomic mass is 10.0. The summed E-state index contributed by atoms with van der Waals surface area (Å²) in [6.07, 6.45) is 2.68. The van der Waals surface area contributed by atoms with Crippen LogP contribution < -0.4 is 0 Å². The maximum Gasteiger partial charge on any atom is 0.115 e. The minimum Gasteiger partial charge on any atom is -0.508 e. The van der Waals surface area contributed by atoms with Crippen LogP contribution in [0.5, 0.6) is 23.0 Å². The SMILES string of the molecule is Oc1ccc(CCc2ccc(O)cc2)cc1.Oc1ccc(Cc2ccc(O)cc2)cc1. The van der Waals surface area contributed by atoms with Crippen molar-refractivity contribution in [3.05, 3.63) is 119 Å². The number of aryl methyl sites for hydroxylation is 2. The zero-order chi connectivity index (χ0) is 22.1. The van der Waals surface area contributed by atoms with E-state index in [2.05, 4.69) is 0 Å². The molecule has 0 radical (unpaired) electrons. The van der Waals surface area contributed by atoms with E-state index < -0.39 is 0 Å². The zero-order valence-electron chi connectivity index (χ0n) is 17.1. The Labute approximate surface area is 182 Å². The average molecular weight is 415 g/mol. The number of hydrogen-bond donors (Lipinski definition) is 4. The molecule has 4 heteroatoms. The van der Waals surface area contributed by atoms with Crippen LogP contribution in [-0.2, 0) is 19.3 Å². The van der Waals surface area contributed by atoms with Gasteiger partial charge in [0.2, 0.25) is 0 Å². The zero-order valence-corrected chi connectivity index (χ0v) is 17.1. The Balaban J connectivity index is 0.000000176. The molecule has 0 atom stereocenters. The highest BCUT2D eigenvalue weighted by atomic mass is 16.3. The molecule has 0 heterocycles. The highest BCUT2D eigenvalue weighted by Crippen LogP contribution is 2.16. The summed E-state index contributed by atoms with van der Waals surface area (Å²) in [7, 11) is 0. The van der Waals surface area contributed by atoms with Gasteiger partial charge in [-0.25, -0.2) is 0 Å². The third kappa shape index (κ3) is 7.44. The maximum absolute atomic E-state index is 9.14. The van der Waals surface area contributed by atoms with E-state index in [0.29, 0.717) is 11.5 Å². The van der Waals surface area contributed by atoms with E-state index in [9.17, 15) is 0 Å². The molecule has 31 heavy (non-hydrogen) atoms. The van der Waals surface area contributed by atoms with Gasteiger partial charge in [-0.2, -0.15) is 0 Å². The van der Waals surface area contributed by atoms with Crippen molar-refractivity contribution in [1.29, 1.82) is 0 Å². The molecule has 0 fully saturated rings. The molecule has 0 saturated carbocycles. The number of aromatic hydroxyl groups is 4. The number of hydrogen-bond acceptors (Lipinski definition) is 4. The molecule has 4 nitrogen and oxygen atoms in total. The predicted octanol–water partition coefficient (Wildman–Crippen LogP) is 5.57. The van der Waals surface area contributed by atoms with Crippen molar-refractivity contribution in [2.45, 2.75) is 19.3 Å². The second-order valence-electron chi connectivity index (χ2n) is 7.34. The van der Waals surface area contributed by atoms with Crippen LogP contribution in [0.15, 0.2) is 97.1 Å². The summed E-state index contributed by atoms with van der Waals surface area (Å²) in [5, 5.41) is 36.5. The average Bonchev–Trinajstić information content (AvgIpc) is 2.78. The molecule has 0 aliphatic carbocycles. The normalized spacial score (nSPS) is 10.2. The van der Waals surface area contributed by atoms with Crippen molar-refractivity contribution in [3.63, 3.8) is 0 Å². The van der Waals surface area contributed by atoms with Crippen LogP contribution in [0.2, 0.25) is 0 Å². The highest BCUT2D eigenvalue weighted by molar-refractivity contribution is 5.33. The van der Waals surface area contributed by atoms with Crippen molar-refractivity contribution in [2.24, 2.45) is 0 Å². The Hall–Kier alpha value is -3.92. The molecule has 4 N–H and O–H groups in total. The lowest BCUT2D eigenvalue weighted by Gasteiger charge is -2.02. The third-order valence-electron chi connectivity index (χ3n) is 4.86. The first kappa shape index (κ1) is 21.8. The van der Waals surface area contributed by atoms with Crippen LogP contribution in [0.1, 0.15) is 22.3 Å². The Kier molecular flexibility index (Phi) is 7.55. The van der Waals surface area contributed by atoms with E-state index >= 15 is 0 Å². The smallest absolute Gasteiger partial charge is 0.115 e. The molecule has 0 spiro atoms. The van der Waals surface area contributed by atoms with Crippen molar-refractivity contribution >= 4 is 0 Å². The first-order valence-corrected chi connectivity index (χ1v) is 10.1. The lowest BCUT2D eigenvalue weighted by molar-refractivity contribution is 0.474. The van der Waals surface area contributed by atoms with Gasteiger partial charge in [0.15, 0.2) is 0 Å². The van der Waals surface area contributed by atoms with Crippen LogP contribution in [0, 0.1) is 0 Å². The van der Waals surface area contributed by atoms with Gasteiger partial charge in [0, 0.05) is 0 Å². The fourth-order valence-electron chi connectivity index (χ4n) is 3.08. The van der Waals surface area contributed by atoms with Gasteiger partial charge in [0.25, 0.3) is 0 Å². The molecular formula is C27H26O4. The summed E-state index contributed by atoms with van der Waals surface area (Å²) in [5.74, 6) is 1.16. The quantitative estimate of drug-likeness (QED) is 0.344. The Morgan fingerprint density at radius 3 is 0.806 bits per heavy atom. The van der Waals surface area contributed by atoms with Gasteiger partial charge in [-0.1, -0.05) is 48.5 Å². The van der Waals surface area contributed by atoms with Crippen LogP contribution in [0.3, 0.4) is 0 Å². The molecule has 4 aromatic rings. The largest absolute Gasteiger partial charge is 0.508 e. The summed E-state index contributed by atoms with van der Waals surface area (Å²) in [6, 6.07) is 28.8. The summed E-state index contributed by atoms with van der Waals surface area (Å²) in [6.45, 7) is 0. The second kappa shape index (κ2) is 10.7. The molecule has 0 bridgehead atoms. The second-order valence-corrected chi connectivity index (χ2v) is 7.34. The van der Waals surface area contributed by atoms with Gasteiger partial charge in [0.05, 0.1) is 0 Å². The fraction of sp³-hybridized carbons (Fsp3) is 0.111. The molecule has 158 valence electrons. The lowest BCUT2D eigenvalue weighted by Crippen LogP contribution is -1.90. The number of benzene rings is 4. The van der Waals surface area contributed by atoms with Gasteiger partial charge >= 0.3 is 0 Å². The summed E-state index contributed by atoms with van der Waals surface area (Å²) >= 11 is 0. The molecule has 0 aromatic heterocycles. The molecule has 0 aliphatic rings. The van der Waals surface area contributed by atoms with E-state index in [0.717, 1.165) is 30.4 Å². The van der Waals surface area contributed by atoms with Crippen molar-refractivity contribution < 1.29 is 20.4 Å². The molecule has 4 rings (SSSR count). The number of phenols is 4. The van der Waals surface area contributed by atoms with Crippen LogP contribution >= 0.6 is 0 Å². The van der Waals surface area contributed by atoms with Gasteiger partial charge in [-0.05, 0) is 90.0 Å². The van der Waals surface area contributed by atoms with Gasteiger partial charge < -0.3 is 20.4 Å². The molecule has 0 aliphatic heterocycles. The molecule has 0 unspecified atom stereocenters. The topological polar surface area (TPSA) is 80.9 Å². The Morgan fingerprint density at radius 2 is 0.548 bits per heavy atom. The van der Waals surface area contributed by atoms with E-state index in [1.807, 2.05) is 48.5 Å². The summed E-state index contributed by atoms with van der Waals surface area (Å²) in [4.78, 5) is 0. The fourth-order valence-corrected chi connectivity index (χ4v) is 3.08. The van der Waals surface area contributed by atoms with Crippen molar-refractivity contribution in [1.82, 2.24) is 0 Å². The maximum atomic E-state index is 9.14. The Bertz CT molecular complexity index is 963. The first-order chi connectivity index (χ1) is 15.0. The molecule has 4 aromatic carbocycles. The van der Waals surface area contributed by atoms with Crippen LogP contribution in [-0.4, -0.2) is 20.4 Å². The van der Waals surface area contributed by atoms with Crippen molar-refractivity contribution in [3.8, 4) is 23.0 Å². The Morgan fingerprint density at radius 1 is 0.323 bits per heavy atom. The first-order valence-electron chi connectivity index (χ1n) is 10.1. The molecule has 0 saturated heterocycles. The van der Waals surface area contributed by atoms with Crippen LogP contribution in [0.4, 0.5) is 0 Å². The van der Waals surface area contributed by atoms with Crippen LogP contribution in [0.25, 0.3) is 0 Å². The van der Waals surface area contributed by atoms with Gasteiger partial charge in [-0.3, -0.25) is 0 Å². The molecule has 0 amide bonds. The van der Waals surface area contributed by atoms with E-state index in [1.54, 1.807) is 48.5 Å².